The van der Waals surface area contributed by atoms with Gasteiger partial charge in [-0.1, -0.05) is 19.8 Å². The van der Waals surface area contributed by atoms with E-state index in [0.29, 0.717) is 12.6 Å². The molecular weight excluding hydrogens is 202 g/mol. The van der Waals surface area contributed by atoms with E-state index in [1.165, 1.54) is 6.42 Å². The second-order valence-electron chi connectivity index (χ2n) is 4.71. The third-order valence-corrected chi connectivity index (χ3v) is 3.46. The van der Waals surface area contributed by atoms with Gasteiger partial charge >= 0.3 is 5.97 Å². The number of carbonyl (C=O) groups is 1. The van der Waals surface area contributed by atoms with Crippen molar-refractivity contribution in [3.8, 4) is 0 Å². The van der Waals surface area contributed by atoms with E-state index in [1.807, 2.05) is 7.05 Å². The molecule has 1 aliphatic carbocycles. The van der Waals surface area contributed by atoms with Crippen LogP contribution in [0, 0.1) is 5.92 Å². The number of rotatable bonds is 6. The first-order valence-electron chi connectivity index (χ1n) is 6.61. The number of ether oxygens (including phenoxy) is 1. The molecule has 0 atom stereocenters. The second-order valence-corrected chi connectivity index (χ2v) is 4.71. The van der Waals surface area contributed by atoms with Crippen LogP contribution >= 0.6 is 0 Å². The molecule has 3 nitrogen and oxygen atoms in total. The van der Waals surface area contributed by atoms with E-state index in [9.17, 15) is 4.79 Å². The maximum absolute atomic E-state index is 11.7. The van der Waals surface area contributed by atoms with Crippen LogP contribution in [0.1, 0.15) is 51.9 Å². The van der Waals surface area contributed by atoms with Crippen molar-refractivity contribution in [2.24, 2.45) is 5.92 Å². The average molecular weight is 227 g/mol. The average Bonchev–Trinajstić information content (AvgIpc) is 2.34. The fourth-order valence-electron chi connectivity index (χ4n) is 2.26. The molecule has 1 fully saturated rings. The predicted octanol–water partition coefficient (Wildman–Crippen LogP) is 2.50. The van der Waals surface area contributed by atoms with Gasteiger partial charge in [-0.25, -0.2) is 0 Å². The van der Waals surface area contributed by atoms with Gasteiger partial charge in [-0.15, -0.1) is 0 Å². The van der Waals surface area contributed by atoms with E-state index in [2.05, 4.69) is 12.2 Å². The van der Waals surface area contributed by atoms with Crippen LogP contribution in [-0.4, -0.2) is 25.7 Å². The summed E-state index contributed by atoms with van der Waals surface area (Å²) in [6.07, 6.45) is 7.51. The summed E-state index contributed by atoms with van der Waals surface area (Å²) in [6.45, 7) is 2.76. The predicted molar refractivity (Wildman–Crippen MR) is 65.3 cm³/mol. The van der Waals surface area contributed by atoms with E-state index in [4.69, 9.17) is 4.74 Å². The monoisotopic (exact) mass is 227 g/mol. The lowest BCUT2D eigenvalue weighted by atomic mass is 9.86. The molecule has 0 aliphatic heterocycles. The normalized spacial score (nSPS) is 25.4. The Kier molecular flexibility index (Phi) is 6.46. The van der Waals surface area contributed by atoms with E-state index in [0.717, 1.165) is 38.5 Å². The first-order chi connectivity index (χ1) is 7.77. The zero-order valence-electron chi connectivity index (χ0n) is 10.6. The summed E-state index contributed by atoms with van der Waals surface area (Å²) in [7, 11) is 1.99. The molecule has 0 aromatic heterocycles. The number of nitrogens with one attached hydrogen (secondary N) is 1. The zero-order chi connectivity index (χ0) is 11.8. The number of hydrogen-bond acceptors (Lipinski definition) is 3. The van der Waals surface area contributed by atoms with E-state index in [-0.39, 0.29) is 11.9 Å². The molecule has 0 radical (unpaired) electrons. The summed E-state index contributed by atoms with van der Waals surface area (Å²) in [5, 5.41) is 3.27. The minimum absolute atomic E-state index is 0.0330. The molecule has 0 heterocycles. The molecule has 0 amide bonds. The van der Waals surface area contributed by atoms with Gasteiger partial charge in [-0.3, -0.25) is 4.79 Å². The number of esters is 1. The van der Waals surface area contributed by atoms with Gasteiger partial charge in [0, 0.05) is 6.04 Å². The van der Waals surface area contributed by atoms with Crippen molar-refractivity contribution >= 4 is 5.97 Å². The maximum Gasteiger partial charge on any atom is 0.308 e. The lowest BCUT2D eigenvalue weighted by Gasteiger charge is -2.26. The standard InChI is InChI=1S/C13H25NO2/c1-3-4-5-10-16-13(15)11-6-8-12(14-2)9-7-11/h11-12,14H,3-10H2,1-2H3. The van der Waals surface area contributed by atoms with Crippen molar-refractivity contribution < 1.29 is 9.53 Å². The van der Waals surface area contributed by atoms with Crippen molar-refractivity contribution in [2.75, 3.05) is 13.7 Å². The smallest absolute Gasteiger partial charge is 0.308 e. The van der Waals surface area contributed by atoms with E-state index >= 15 is 0 Å². The van der Waals surface area contributed by atoms with Crippen molar-refractivity contribution in [1.29, 1.82) is 0 Å². The molecule has 94 valence electrons. The Morgan fingerprint density at radius 1 is 1.25 bits per heavy atom. The minimum atomic E-state index is 0.0330. The van der Waals surface area contributed by atoms with Crippen LogP contribution in [0.3, 0.4) is 0 Å². The van der Waals surface area contributed by atoms with Crippen molar-refractivity contribution in [3.05, 3.63) is 0 Å². The number of unbranched alkanes of at least 4 members (excludes halogenated alkanes) is 2. The maximum atomic E-state index is 11.7. The van der Waals surface area contributed by atoms with Gasteiger partial charge in [-0.2, -0.15) is 0 Å². The molecule has 0 unspecified atom stereocenters. The third-order valence-electron chi connectivity index (χ3n) is 3.46. The lowest BCUT2D eigenvalue weighted by Crippen LogP contribution is -2.33. The molecule has 0 spiro atoms. The van der Waals surface area contributed by atoms with Gasteiger partial charge in [0.1, 0.15) is 0 Å². The molecule has 0 aromatic rings. The fraction of sp³-hybridized carbons (Fsp3) is 0.923. The highest BCUT2D eigenvalue weighted by molar-refractivity contribution is 5.72. The van der Waals surface area contributed by atoms with Crippen LogP contribution in [0.15, 0.2) is 0 Å². The summed E-state index contributed by atoms with van der Waals surface area (Å²) < 4.78 is 5.29. The summed E-state index contributed by atoms with van der Waals surface area (Å²) in [5.74, 6) is 0.192. The zero-order valence-corrected chi connectivity index (χ0v) is 10.6. The van der Waals surface area contributed by atoms with E-state index in [1.54, 1.807) is 0 Å². The summed E-state index contributed by atoms with van der Waals surface area (Å²) in [4.78, 5) is 11.7. The molecule has 1 saturated carbocycles. The largest absolute Gasteiger partial charge is 0.465 e. The molecule has 3 heteroatoms. The van der Waals surface area contributed by atoms with Crippen LogP contribution in [0.2, 0.25) is 0 Å². The first kappa shape index (κ1) is 13.5. The quantitative estimate of drug-likeness (QED) is 0.559. The van der Waals surface area contributed by atoms with Crippen molar-refractivity contribution in [1.82, 2.24) is 5.32 Å². The summed E-state index contributed by atoms with van der Waals surface area (Å²) in [6, 6.07) is 0.601. The Balaban J connectivity index is 2.13. The molecule has 1 N–H and O–H groups in total. The Morgan fingerprint density at radius 2 is 1.94 bits per heavy atom. The molecule has 16 heavy (non-hydrogen) atoms. The highest BCUT2D eigenvalue weighted by Gasteiger charge is 2.26. The molecule has 0 aromatic carbocycles. The van der Waals surface area contributed by atoms with Crippen LogP contribution in [0.5, 0.6) is 0 Å². The molecule has 1 aliphatic rings. The van der Waals surface area contributed by atoms with Crippen LogP contribution in [-0.2, 0) is 9.53 Å². The Labute approximate surface area is 98.9 Å². The lowest BCUT2D eigenvalue weighted by molar-refractivity contribution is -0.149. The fourth-order valence-corrected chi connectivity index (χ4v) is 2.26. The van der Waals surface area contributed by atoms with Crippen LogP contribution in [0.25, 0.3) is 0 Å². The molecule has 0 saturated heterocycles. The molecule has 0 bridgehead atoms. The molecular formula is C13H25NO2. The van der Waals surface area contributed by atoms with Crippen molar-refractivity contribution in [3.63, 3.8) is 0 Å². The SMILES string of the molecule is CCCCCOC(=O)C1CCC(NC)CC1. The second kappa shape index (κ2) is 7.66. The van der Waals surface area contributed by atoms with Gasteiger partial charge in [0.15, 0.2) is 0 Å². The topological polar surface area (TPSA) is 38.3 Å². The van der Waals surface area contributed by atoms with Gasteiger partial charge in [0.25, 0.3) is 0 Å². The summed E-state index contributed by atoms with van der Waals surface area (Å²) in [5.41, 5.74) is 0. The van der Waals surface area contributed by atoms with E-state index < -0.39 is 0 Å². The Bertz CT molecular complexity index is 198. The van der Waals surface area contributed by atoms with Crippen molar-refractivity contribution in [2.45, 2.75) is 57.9 Å². The molecule has 1 rings (SSSR count). The highest BCUT2D eigenvalue weighted by atomic mass is 16.5. The first-order valence-corrected chi connectivity index (χ1v) is 6.61. The van der Waals surface area contributed by atoms with Crippen LogP contribution in [0.4, 0.5) is 0 Å². The minimum Gasteiger partial charge on any atom is -0.465 e. The Hall–Kier alpha value is -0.570. The van der Waals surface area contributed by atoms with Gasteiger partial charge < -0.3 is 10.1 Å². The summed E-state index contributed by atoms with van der Waals surface area (Å²) >= 11 is 0. The highest BCUT2D eigenvalue weighted by Crippen LogP contribution is 2.25. The van der Waals surface area contributed by atoms with Gasteiger partial charge in [-0.05, 0) is 39.2 Å². The van der Waals surface area contributed by atoms with Gasteiger partial charge in [0.2, 0.25) is 0 Å². The van der Waals surface area contributed by atoms with Gasteiger partial charge in [0.05, 0.1) is 12.5 Å². The number of hydrogen-bond donors (Lipinski definition) is 1. The number of carbonyl (C=O) groups excluding carboxylic acids is 1. The third kappa shape index (κ3) is 4.52. The Morgan fingerprint density at radius 3 is 2.50 bits per heavy atom. The van der Waals surface area contributed by atoms with Crippen LogP contribution < -0.4 is 5.32 Å².